The lowest BCUT2D eigenvalue weighted by Gasteiger charge is -2.27. The largest absolute Gasteiger partial charge is 0.463 e. The third-order valence-electron chi connectivity index (χ3n) is 2.47. The van der Waals surface area contributed by atoms with E-state index in [-0.39, 0.29) is 18.5 Å². The Morgan fingerprint density at radius 2 is 2.17 bits per heavy atom. The molecule has 0 radical (unpaired) electrons. The first kappa shape index (κ1) is 14.4. The number of carbonyl (C=O) groups is 1. The van der Waals surface area contributed by atoms with E-state index in [1.807, 2.05) is 18.7 Å². The molecule has 0 aliphatic carbocycles. The van der Waals surface area contributed by atoms with Crippen LogP contribution in [0.2, 0.25) is 0 Å². The number of ether oxygens (including phenoxy) is 1. The predicted octanol–water partition coefficient (Wildman–Crippen LogP) is 0.779. The van der Waals surface area contributed by atoms with Crippen LogP contribution in [0.15, 0.2) is 6.07 Å². The number of hydrogen-bond acceptors (Lipinski definition) is 6. The van der Waals surface area contributed by atoms with Gasteiger partial charge in [0, 0.05) is 24.3 Å². The molecule has 0 aliphatic heterocycles. The van der Waals surface area contributed by atoms with E-state index in [4.69, 9.17) is 5.11 Å². The van der Waals surface area contributed by atoms with E-state index in [9.17, 15) is 4.79 Å². The average molecular weight is 253 g/mol. The van der Waals surface area contributed by atoms with Crippen molar-refractivity contribution in [3.63, 3.8) is 0 Å². The molecule has 1 heterocycles. The fourth-order valence-electron chi connectivity index (χ4n) is 1.63. The van der Waals surface area contributed by atoms with Crippen LogP contribution in [0.5, 0.6) is 0 Å². The van der Waals surface area contributed by atoms with Gasteiger partial charge in [-0.2, -0.15) is 0 Å². The van der Waals surface area contributed by atoms with Crippen LogP contribution in [0.1, 0.15) is 30.2 Å². The van der Waals surface area contributed by atoms with Crippen molar-refractivity contribution in [1.82, 2.24) is 9.97 Å². The zero-order valence-electron chi connectivity index (χ0n) is 11.2. The number of hydrogen-bond donors (Lipinski definition) is 1. The van der Waals surface area contributed by atoms with Gasteiger partial charge in [0.1, 0.15) is 5.82 Å². The van der Waals surface area contributed by atoms with E-state index >= 15 is 0 Å². The van der Waals surface area contributed by atoms with E-state index in [2.05, 4.69) is 14.7 Å². The third-order valence-corrected chi connectivity index (χ3v) is 2.47. The maximum absolute atomic E-state index is 11.5. The van der Waals surface area contributed by atoms with E-state index in [1.54, 1.807) is 13.0 Å². The van der Waals surface area contributed by atoms with Gasteiger partial charge in [-0.1, -0.05) is 0 Å². The molecular formula is C12H19N3O3. The molecule has 1 aromatic rings. The van der Waals surface area contributed by atoms with Crippen molar-refractivity contribution in [2.24, 2.45) is 0 Å². The second-order valence-corrected chi connectivity index (χ2v) is 4.19. The molecule has 0 fully saturated rings. The Bertz CT molecular complexity index is 421. The van der Waals surface area contributed by atoms with Gasteiger partial charge >= 0.3 is 5.97 Å². The molecule has 1 N–H and O–H groups in total. The first-order chi connectivity index (χ1) is 8.49. The number of aliphatic hydroxyl groups is 1. The molecule has 1 rings (SSSR count). The van der Waals surface area contributed by atoms with Crippen molar-refractivity contribution in [2.45, 2.75) is 26.8 Å². The van der Waals surface area contributed by atoms with Crippen molar-refractivity contribution >= 4 is 11.8 Å². The molecule has 0 aliphatic rings. The SMILES string of the molecule is COC(=O)c1nc(C)cc(N(CCO)C(C)C)n1. The second kappa shape index (κ2) is 6.30. The van der Waals surface area contributed by atoms with E-state index in [1.165, 1.54) is 7.11 Å². The maximum Gasteiger partial charge on any atom is 0.376 e. The molecule has 0 saturated heterocycles. The lowest BCUT2D eigenvalue weighted by Crippen LogP contribution is -2.34. The molecule has 100 valence electrons. The lowest BCUT2D eigenvalue weighted by molar-refractivity contribution is 0.0586. The van der Waals surface area contributed by atoms with E-state index in [0.717, 1.165) is 0 Å². The summed E-state index contributed by atoms with van der Waals surface area (Å²) in [6, 6.07) is 1.94. The monoisotopic (exact) mass is 253 g/mol. The van der Waals surface area contributed by atoms with E-state index < -0.39 is 5.97 Å². The first-order valence-electron chi connectivity index (χ1n) is 5.81. The summed E-state index contributed by atoms with van der Waals surface area (Å²) in [6.07, 6.45) is 0. The summed E-state index contributed by atoms with van der Waals surface area (Å²) in [5, 5.41) is 9.06. The highest BCUT2D eigenvalue weighted by molar-refractivity contribution is 5.85. The molecule has 6 heteroatoms. The molecule has 0 saturated carbocycles. The van der Waals surface area contributed by atoms with Crippen LogP contribution in [0.3, 0.4) is 0 Å². The summed E-state index contributed by atoms with van der Waals surface area (Å²) in [7, 11) is 1.29. The van der Waals surface area contributed by atoms with Gasteiger partial charge in [-0.05, 0) is 20.8 Å². The van der Waals surface area contributed by atoms with Crippen LogP contribution in [-0.4, -0.2) is 47.3 Å². The number of nitrogens with zero attached hydrogens (tertiary/aromatic N) is 3. The van der Waals surface area contributed by atoms with Gasteiger partial charge in [0.15, 0.2) is 0 Å². The van der Waals surface area contributed by atoms with Gasteiger partial charge < -0.3 is 14.7 Å². The topological polar surface area (TPSA) is 75.5 Å². The quantitative estimate of drug-likeness (QED) is 0.781. The summed E-state index contributed by atoms with van der Waals surface area (Å²) in [6.45, 7) is 6.24. The van der Waals surface area contributed by atoms with Crippen LogP contribution in [-0.2, 0) is 4.74 Å². The standard InChI is InChI=1S/C12H19N3O3/c1-8(2)15(5-6-16)10-7-9(3)13-11(14-10)12(17)18-4/h7-8,16H,5-6H2,1-4H3. The fraction of sp³-hybridized carbons (Fsp3) is 0.583. The van der Waals surface area contributed by atoms with E-state index in [0.29, 0.717) is 18.1 Å². The molecule has 0 bridgehead atoms. The summed E-state index contributed by atoms with van der Waals surface area (Å²) < 4.78 is 4.61. The highest BCUT2D eigenvalue weighted by atomic mass is 16.5. The maximum atomic E-state index is 11.5. The van der Waals surface area contributed by atoms with Gasteiger partial charge in [-0.15, -0.1) is 0 Å². The van der Waals surface area contributed by atoms with Crippen molar-refractivity contribution in [3.05, 3.63) is 17.6 Å². The van der Waals surface area contributed by atoms with Gasteiger partial charge in [0.05, 0.1) is 13.7 Å². The minimum Gasteiger partial charge on any atom is -0.463 e. The van der Waals surface area contributed by atoms with Crippen molar-refractivity contribution in [3.8, 4) is 0 Å². The molecule has 6 nitrogen and oxygen atoms in total. The molecule has 0 amide bonds. The predicted molar refractivity (Wildman–Crippen MR) is 67.7 cm³/mol. The van der Waals surface area contributed by atoms with Crippen LogP contribution in [0.4, 0.5) is 5.82 Å². The smallest absolute Gasteiger partial charge is 0.376 e. The Morgan fingerprint density at radius 3 is 2.67 bits per heavy atom. The number of anilines is 1. The van der Waals surface area contributed by atoms with Crippen molar-refractivity contribution in [1.29, 1.82) is 0 Å². The Morgan fingerprint density at radius 1 is 1.50 bits per heavy atom. The van der Waals surface area contributed by atoms with Crippen LogP contribution < -0.4 is 4.90 Å². The number of esters is 1. The summed E-state index contributed by atoms with van der Waals surface area (Å²) >= 11 is 0. The molecule has 0 aromatic carbocycles. The summed E-state index contributed by atoms with van der Waals surface area (Å²) in [4.78, 5) is 21.6. The number of carbonyl (C=O) groups excluding carboxylic acids is 1. The Labute approximate surface area is 107 Å². The van der Waals surface area contributed by atoms with Gasteiger partial charge in [-0.3, -0.25) is 0 Å². The number of methoxy groups -OCH3 is 1. The molecular weight excluding hydrogens is 234 g/mol. The highest BCUT2D eigenvalue weighted by Gasteiger charge is 2.16. The Kier molecular flexibility index (Phi) is 5.03. The Balaban J connectivity index is 3.14. The van der Waals surface area contributed by atoms with Crippen molar-refractivity contribution in [2.75, 3.05) is 25.2 Å². The lowest BCUT2D eigenvalue weighted by atomic mass is 10.3. The minimum atomic E-state index is -0.562. The van der Waals surface area contributed by atoms with Crippen molar-refractivity contribution < 1.29 is 14.6 Å². The van der Waals surface area contributed by atoms with Crippen LogP contribution >= 0.6 is 0 Å². The average Bonchev–Trinajstić information content (AvgIpc) is 2.33. The molecule has 0 unspecified atom stereocenters. The second-order valence-electron chi connectivity index (χ2n) is 4.19. The van der Waals surface area contributed by atoms with Gasteiger partial charge in [0.25, 0.3) is 0 Å². The number of aliphatic hydroxyl groups excluding tert-OH is 1. The van der Waals surface area contributed by atoms with Crippen LogP contribution in [0.25, 0.3) is 0 Å². The molecule has 0 atom stereocenters. The number of aromatic nitrogens is 2. The zero-order chi connectivity index (χ0) is 13.7. The third kappa shape index (κ3) is 3.40. The van der Waals surface area contributed by atoms with Gasteiger partial charge in [-0.25, -0.2) is 14.8 Å². The zero-order valence-corrected chi connectivity index (χ0v) is 11.2. The normalized spacial score (nSPS) is 10.6. The number of rotatable bonds is 5. The first-order valence-corrected chi connectivity index (χ1v) is 5.81. The summed E-state index contributed by atoms with van der Waals surface area (Å²) in [5.41, 5.74) is 0.684. The Hall–Kier alpha value is -1.69. The number of aryl methyl sites for hydroxylation is 1. The summed E-state index contributed by atoms with van der Waals surface area (Å²) in [5.74, 6) is 0.0932. The molecule has 1 aromatic heterocycles. The highest BCUT2D eigenvalue weighted by Crippen LogP contribution is 2.15. The van der Waals surface area contributed by atoms with Crippen LogP contribution in [0, 0.1) is 6.92 Å². The van der Waals surface area contributed by atoms with Gasteiger partial charge in [0.2, 0.25) is 5.82 Å². The fourth-order valence-corrected chi connectivity index (χ4v) is 1.63. The molecule has 0 spiro atoms. The minimum absolute atomic E-state index is 0.0226. The molecule has 18 heavy (non-hydrogen) atoms.